The van der Waals surface area contributed by atoms with Gasteiger partial charge in [-0.2, -0.15) is 0 Å². The summed E-state index contributed by atoms with van der Waals surface area (Å²) >= 11 is 0. The first kappa shape index (κ1) is 34.0. The van der Waals surface area contributed by atoms with Crippen LogP contribution in [0.1, 0.15) is 44.2 Å². The molecule has 4 rings (SSSR count). The Morgan fingerprint density at radius 1 is 0.977 bits per heavy atom. The van der Waals surface area contributed by atoms with Gasteiger partial charge in [0.2, 0.25) is 0 Å². The quantitative estimate of drug-likeness (QED) is 0.220. The van der Waals surface area contributed by atoms with Crippen LogP contribution in [0.15, 0.2) is 110 Å². The molecule has 1 saturated heterocycles. The number of rotatable bonds is 16. The zero-order chi connectivity index (χ0) is 31.2. The predicted molar refractivity (Wildman–Crippen MR) is 172 cm³/mol. The number of aliphatic hydroxyl groups excluding tert-OH is 1. The van der Waals surface area contributed by atoms with Crippen molar-refractivity contribution in [2.75, 3.05) is 13.2 Å². The van der Waals surface area contributed by atoms with Gasteiger partial charge in [0, 0.05) is 0 Å². The van der Waals surface area contributed by atoms with Gasteiger partial charge < -0.3 is 33.5 Å². The van der Waals surface area contributed by atoms with Crippen molar-refractivity contribution < 1.29 is 33.5 Å². The molecular weight excluding hydrogens is 556 g/mol. The summed E-state index contributed by atoms with van der Waals surface area (Å²) in [7, 11) is 0. The normalized spacial score (nSPS) is 27.3. The third-order valence-corrected chi connectivity index (χ3v) is 7.57. The van der Waals surface area contributed by atoms with Crippen LogP contribution in [0.4, 0.5) is 0 Å². The molecule has 0 aromatic heterocycles. The lowest BCUT2D eigenvalue weighted by molar-refractivity contribution is -0.168. The molecule has 0 spiro atoms. The molecule has 0 radical (unpaired) electrons. The Balaban J connectivity index is 1.51. The third-order valence-electron chi connectivity index (χ3n) is 7.57. The van der Waals surface area contributed by atoms with E-state index in [1.165, 1.54) is 0 Å². The highest BCUT2D eigenvalue weighted by molar-refractivity contribution is 5.14. The van der Waals surface area contributed by atoms with Crippen LogP contribution in [-0.4, -0.2) is 66.8 Å². The molecule has 0 amide bonds. The van der Waals surface area contributed by atoms with Gasteiger partial charge in [-0.3, -0.25) is 0 Å². The summed E-state index contributed by atoms with van der Waals surface area (Å²) in [5.74, 6) is -0.646. The van der Waals surface area contributed by atoms with Crippen molar-refractivity contribution in [3.05, 3.63) is 121 Å². The minimum absolute atomic E-state index is 0.228. The van der Waals surface area contributed by atoms with Crippen LogP contribution in [0.3, 0.4) is 0 Å². The fourth-order valence-electron chi connectivity index (χ4n) is 5.26. The summed E-state index contributed by atoms with van der Waals surface area (Å²) in [6, 6.07) is 20.2. The summed E-state index contributed by atoms with van der Waals surface area (Å²) < 4.78 is 37.6. The molecule has 0 bridgehead atoms. The molecule has 1 N–H and O–H groups in total. The van der Waals surface area contributed by atoms with Crippen molar-refractivity contribution in [2.24, 2.45) is 0 Å². The van der Waals surface area contributed by atoms with E-state index in [9.17, 15) is 5.11 Å². The highest BCUT2D eigenvalue weighted by Crippen LogP contribution is 2.27. The minimum Gasteiger partial charge on any atom is -0.390 e. The molecule has 0 saturated carbocycles. The van der Waals surface area contributed by atoms with E-state index in [-0.39, 0.29) is 24.4 Å². The van der Waals surface area contributed by atoms with Crippen LogP contribution in [0.2, 0.25) is 0 Å². The van der Waals surface area contributed by atoms with Crippen molar-refractivity contribution in [1.29, 1.82) is 0 Å². The highest BCUT2D eigenvalue weighted by Gasteiger charge is 2.34. The van der Waals surface area contributed by atoms with E-state index in [1.807, 2.05) is 86.7 Å². The minimum atomic E-state index is -0.797. The van der Waals surface area contributed by atoms with Crippen LogP contribution in [-0.2, 0) is 41.6 Å². The fourth-order valence-corrected chi connectivity index (χ4v) is 5.26. The second-order valence-electron chi connectivity index (χ2n) is 11.6. The van der Waals surface area contributed by atoms with Crippen molar-refractivity contribution in [3.8, 4) is 0 Å². The number of hydrogen-bond donors (Lipinski definition) is 1. The van der Waals surface area contributed by atoms with E-state index in [4.69, 9.17) is 28.4 Å². The van der Waals surface area contributed by atoms with Crippen LogP contribution in [0, 0.1) is 0 Å². The standard InChI is InChI=1S/C37H48O7/c1-5-14-31(38)32(23-22-30-26-41-37(3,4)44-30)42-35-21-13-20-33(40-25-29-18-11-8-12-19-29)36(43-34(35)15-6-2)27-39-24-28-16-9-7-10-17-28/h5-13,16-19,21-23,30-36,38H,1-2,14-15,20,24-27H2,3-4H3/b21-13-,23-22+/t30-,31-,32+,33+,34+,35-,36-/m0/s1. The maximum atomic E-state index is 11.0. The first-order chi connectivity index (χ1) is 21.4. The first-order valence-electron chi connectivity index (χ1n) is 15.5. The maximum Gasteiger partial charge on any atom is 0.163 e. The van der Waals surface area contributed by atoms with Crippen molar-refractivity contribution in [2.45, 2.75) is 94.8 Å². The van der Waals surface area contributed by atoms with Crippen molar-refractivity contribution in [3.63, 3.8) is 0 Å². The number of ether oxygens (including phenoxy) is 6. The molecule has 44 heavy (non-hydrogen) atoms. The Hall–Kier alpha value is -2.88. The Bertz CT molecular complexity index is 1180. The molecule has 2 aromatic carbocycles. The Kier molecular flexibility index (Phi) is 13.6. The molecule has 0 unspecified atom stereocenters. The van der Waals surface area contributed by atoms with Crippen molar-refractivity contribution >= 4 is 0 Å². The zero-order valence-electron chi connectivity index (χ0n) is 26.0. The monoisotopic (exact) mass is 604 g/mol. The molecule has 7 nitrogen and oxygen atoms in total. The van der Waals surface area contributed by atoms with E-state index in [2.05, 4.69) is 31.4 Å². The lowest BCUT2D eigenvalue weighted by Gasteiger charge is -2.36. The second kappa shape index (κ2) is 17.6. The van der Waals surface area contributed by atoms with Gasteiger partial charge in [0.05, 0.1) is 44.7 Å². The summed E-state index contributed by atoms with van der Waals surface area (Å²) in [5, 5.41) is 11.0. The van der Waals surface area contributed by atoms with E-state index in [0.29, 0.717) is 45.7 Å². The second-order valence-corrected chi connectivity index (χ2v) is 11.6. The molecule has 2 aliphatic heterocycles. The fraction of sp³-hybridized carbons (Fsp3) is 0.459. The molecule has 2 aromatic rings. The third kappa shape index (κ3) is 10.9. The molecular formula is C37H48O7. The molecule has 7 heteroatoms. The summed E-state index contributed by atoms with van der Waals surface area (Å²) in [5.41, 5.74) is 2.19. The van der Waals surface area contributed by atoms with E-state index >= 15 is 0 Å². The van der Waals surface area contributed by atoms with Gasteiger partial charge in [0.1, 0.15) is 24.4 Å². The Labute approximate surface area is 262 Å². The van der Waals surface area contributed by atoms with Gasteiger partial charge in [-0.1, -0.05) is 97.1 Å². The van der Waals surface area contributed by atoms with Crippen LogP contribution >= 0.6 is 0 Å². The topological polar surface area (TPSA) is 75.6 Å². The van der Waals surface area contributed by atoms with Gasteiger partial charge in [0.25, 0.3) is 0 Å². The highest BCUT2D eigenvalue weighted by atomic mass is 16.7. The summed E-state index contributed by atoms with van der Waals surface area (Å²) in [6.45, 7) is 13.3. The maximum absolute atomic E-state index is 11.0. The molecule has 7 atom stereocenters. The van der Waals surface area contributed by atoms with Gasteiger partial charge in [-0.05, 0) is 44.2 Å². The number of aliphatic hydroxyl groups is 1. The van der Waals surface area contributed by atoms with Crippen LogP contribution in [0.5, 0.6) is 0 Å². The van der Waals surface area contributed by atoms with Crippen LogP contribution in [0.25, 0.3) is 0 Å². The molecule has 1 fully saturated rings. The van der Waals surface area contributed by atoms with Crippen molar-refractivity contribution in [1.82, 2.24) is 0 Å². The van der Waals surface area contributed by atoms with E-state index in [0.717, 1.165) is 11.1 Å². The van der Waals surface area contributed by atoms with Gasteiger partial charge >= 0.3 is 0 Å². The lowest BCUT2D eigenvalue weighted by Crippen LogP contribution is -2.45. The summed E-state index contributed by atoms with van der Waals surface area (Å²) in [4.78, 5) is 0. The lowest BCUT2D eigenvalue weighted by atomic mass is 10.0. The smallest absolute Gasteiger partial charge is 0.163 e. The number of benzene rings is 2. The van der Waals surface area contributed by atoms with Gasteiger partial charge in [-0.15, -0.1) is 13.2 Å². The Morgan fingerprint density at radius 2 is 1.68 bits per heavy atom. The zero-order valence-corrected chi connectivity index (χ0v) is 26.0. The molecule has 2 aliphatic rings. The van der Waals surface area contributed by atoms with Gasteiger partial charge in [0.15, 0.2) is 5.79 Å². The van der Waals surface area contributed by atoms with Crippen LogP contribution < -0.4 is 0 Å². The average Bonchev–Trinajstić information content (AvgIpc) is 3.37. The SMILES string of the molecule is C=CC[C@H](O)[C@@H](/C=C/[C@H]1COC(C)(C)O1)O[C@H]1/C=C\C[C@@H](OCc2ccccc2)[C@H](COCc2ccccc2)O[C@@H]1CC=C. The molecule has 238 valence electrons. The number of hydrogen-bond acceptors (Lipinski definition) is 7. The summed E-state index contributed by atoms with van der Waals surface area (Å²) in [6.07, 6.45) is 9.81. The Morgan fingerprint density at radius 3 is 2.32 bits per heavy atom. The largest absolute Gasteiger partial charge is 0.390 e. The average molecular weight is 605 g/mol. The molecule has 0 aliphatic carbocycles. The predicted octanol–water partition coefficient (Wildman–Crippen LogP) is 6.48. The van der Waals surface area contributed by atoms with E-state index < -0.39 is 24.1 Å². The van der Waals surface area contributed by atoms with E-state index in [1.54, 1.807) is 6.08 Å². The first-order valence-corrected chi connectivity index (χ1v) is 15.5. The molecule has 2 heterocycles. The van der Waals surface area contributed by atoms with Gasteiger partial charge in [-0.25, -0.2) is 0 Å².